The Labute approximate surface area is 133 Å². The van der Waals surface area contributed by atoms with Gasteiger partial charge in [0.05, 0.1) is 13.1 Å². The van der Waals surface area contributed by atoms with Crippen LogP contribution in [-0.4, -0.2) is 19.7 Å². The average molecular weight is 322 g/mol. The number of halogens is 1. The Kier molecular flexibility index (Phi) is 5.51. The van der Waals surface area contributed by atoms with Gasteiger partial charge in [0, 0.05) is 17.6 Å². The quantitative estimate of drug-likeness (QED) is 0.858. The lowest BCUT2D eigenvalue weighted by atomic mass is 9.95. The fourth-order valence-corrected chi connectivity index (χ4v) is 2.70. The Morgan fingerprint density at radius 3 is 2.68 bits per heavy atom. The summed E-state index contributed by atoms with van der Waals surface area (Å²) in [6.45, 7) is 2.37. The van der Waals surface area contributed by atoms with Crippen molar-refractivity contribution < 1.29 is 13.9 Å². The third-order valence-electron chi connectivity index (χ3n) is 3.48. The summed E-state index contributed by atoms with van der Waals surface area (Å²) in [4.78, 5) is 12.9. The van der Waals surface area contributed by atoms with Gasteiger partial charge in [-0.15, -0.1) is 11.3 Å². The van der Waals surface area contributed by atoms with Crippen molar-refractivity contribution in [2.75, 3.05) is 13.7 Å². The molecule has 1 aromatic carbocycles. The van der Waals surface area contributed by atoms with E-state index in [1.807, 2.05) is 17.5 Å². The summed E-state index contributed by atoms with van der Waals surface area (Å²) in [7, 11) is 1.50. The van der Waals surface area contributed by atoms with E-state index in [2.05, 4.69) is 10.6 Å². The van der Waals surface area contributed by atoms with Crippen LogP contribution in [0.3, 0.4) is 0 Å². The topological polar surface area (TPSA) is 50.4 Å². The molecular weight excluding hydrogens is 303 g/mol. The molecular formula is C16H19FN2O2S. The van der Waals surface area contributed by atoms with Crippen molar-refractivity contribution in [2.45, 2.75) is 19.1 Å². The predicted octanol–water partition coefficient (Wildman–Crippen LogP) is 3.25. The number of rotatable bonds is 6. The summed E-state index contributed by atoms with van der Waals surface area (Å²) in [6, 6.07) is 9.97. The minimum atomic E-state index is -0.925. The number of urea groups is 1. The van der Waals surface area contributed by atoms with Crippen molar-refractivity contribution in [1.29, 1.82) is 0 Å². The molecule has 0 aliphatic carbocycles. The zero-order valence-corrected chi connectivity index (χ0v) is 13.4. The lowest BCUT2D eigenvalue weighted by Gasteiger charge is -2.29. The van der Waals surface area contributed by atoms with E-state index in [0.29, 0.717) is 12.1 Å². The van der Waals surface area contributed by atoms with E-state index < -0.39 is 5.60 Å². The number of benzene rings is 1. The van der Waals surface area contributed by atoms with Crippen molar-refractivity contribution in [2.24, 2.45) is 0 Å². The maximum atomic E-state index is 13.9. The van der Waals surface area contributed by atoms with Gasteiger partial charge in [0.25, 0.3) is 0 Å². The molecule has 1 unspecified atom stereocenters. The number of ether oxygens (including phenoxy) is 1. The van der Waals surface area contributed by atoms with Gasteiger partial charge in [-0.2, -0.15) is 0 Å². The van der Waals surface area contributed by atoms with Crippen LogP contribution in [0.25, 0.3) is 0 Å². The standard InChI is InChI=1S/C16H19FN2O2S/c1-16(21-2,13-7-3-4-8-14(13)17)11-19-15(20)18-10-12-6-5-9-22-12/h3-9H,10-11H2,1-2H3,(H2,18,19,20). The van der Waals surface area contributed by atoms with E-state index in [1.54, 1.807) is 36.5 Å². The van der Waals surface area contributed by atoms with E-state index in [0.717, 1.165) is 4.88 Å². The molecule has 118 valence electrons. The fraction of sp³-hybridized carbons (Fsp3) is 0.312. The van der Waals surface area contributed by atoms with Crippen LogP contribution in [0.5, 0.6) is 0 Å². The molecule has 0 spiro atoms. The smallest absolute Gasteiger partial charge is 0.315 e. The highest BCUT2D eigenvalue weighted by molar-refractivity contribution is 7.09. The molecule has 4 nitrogen and oxygen atoms in total. The van der Waals surface area contributed by atoms with Crippen molar-refractivity contribution in [3.8, 4) is 0 Å². The average Bonchev–Trinajstić information content (AvgIpc) is 3.04. The van der Waals surface area contributed by atoms with E-state index in [1.165, 1.54) is 13.2 Å². The molecule has 1 aromatic heterocycles. The van der Waals surface area contributed by atoms with Gasteiger partial charge in [0.2, 0.25) is 0 Å². The fourth-order valence-electron chi connectivity index (χ4n) is 2.06. The Morgan fingerprint density at radius 1 is 1.27 bits per heavy atom. The molecule has 0 aliphatic rings. The van der Waals surface area contributed by atoms with Crippen molar-refractivity contribution in [1.82, 2.24) is 10.6 Å². The maximum Gasteiger partial charge on any atom is 0.315 e. The second-order valence-corrected chi connectivity index (χ2v) is 6.06. The van der Waals surface area contributed by atoms with E-state index in [4.69, 9.17) is 4.74 Å². The highest BCUT2D eigenvalue weighted by Gasteiger charge is 2.29. The summed E-state index contributed by atoms with van der Waals surface area (Å²) >= 11 is 1.58. The Bertz CT molecular complexity index is 618. The summed E-state index contributed by atoms with van der Waals surface area (Å²) in [5, 5.41) is 7.44. The molecule has 2 rings (SSSR count). The molecule has 0 radical (unpaired) electrons. The summed E-state index contributed by atoms with van der Waals surface area (Å²) < 4.78 is 19.3. The molecule has 0 aliphatic heterocycles. The van der Waals surface area contributed by atoms with Crippen LogP contribution in [0.2, 0.25) is 0 Å². The van der Waals surface area contributed by atoms with Gasteiger partial charge in [0.15, 0.2) is 0 Å². The lowest BCUT2D eigenvalue weighted by Crippen LogP contribution is -2.44. The normalized spacial score (nSPS) is 13.4. The molecule has 1 heterocycles. The first-order chi connectivity index (χ1) is 10.5. The van der Waals surface area contributed by atoms with Crippen LogP contribution in [0.4, 0.5) is 9.18 Å². The molecule has 22 heavy (non-hydrogen) atoms. The lowest BCUT2D eigenvalue weighted by molar-refractivity contribution is 0.00203. The molecule has 1 atom stereocenters. The third-order valence-corrected chi connectivity index (χ3v) is 4.36. The minimum absolute atomic E-state index is 0.167. The Hall–Kier alpha value is -1.92. The summed E-state index contributed by atoms with van der Waals surface area (Å²) in [5.74, 6) is -0.354. The molecule has 0 saturated heterocycles. The number of methoxy groups -OCH3 is 1. The van der Waals surface area contributed by atoms with Crippen LogP contribution < -0.4 is 10.6 Å². The number of carbonyl (C=O) groups is 1. The summed E-state index contributed by atoms with van der Waals surface area (Å²) in [6.07, 6.45) is 0. The molecule has 6 heteroatoms. The van der Waals surface area contributed by atoms with Crippen molar-refractivity contribution in [3.05, 3.63) is 58.0 Å². The van der Waals surface area contributed by atoms with Gasteiger partial charge in [-0.1, -0.05) is 24.3 Å². The minimum Gasteiger partial charge on any atom is -0.372 e. The first-order valence-corrected chi connectivity index (χ1v) is 7.77. The molecule has 0 bridgehead atoms. The second-order valence-electron chi connectivity index (χ2n) is 5.03. The number of carbonyl (C=O) groups excluding carboxylic acids is 1. The number of nitrogens with one attached hydrogen (secondary N) is 2. The molecule has 2 aromatic rings. The summed E-state index contributed by atoms with van der Waals surface area (Å²) in [5.41, 5.74) is -0.512. The van der Waals surface area contributed by atoms with E-state index in [-0.39, 0.29) is 18.4 Å². The molecule has 2 N–H and O–H groups in total. The van der Waals surface area contributed by atoms with Gasteiger partial charge in [0.1, 0.15) is 11.4 Å². The second kappa shape index (κ2) is 7.38. The SMILES string of the molecule is COC(C)(CNC(=O)NCc1cccs1)c1ccccc1F. The largest absolute Gasteiger partial charge is 0.372 e. The molecule has 2 amide bonds. The van der Waals surface area contributed by atoms with Crippen LogP contribution in [0.1, 0.15) is 17.4 Å². The van der Waals surface area contributed by atoms with E-state index >= 15 is 0 Å². The Morgan fingerprint density at radius 2 is 2.05 bits per heavy atom. The molecule has 0 saturated carbocycles. The number of hydrogen-bond donors (Lipinski definition) is 2. The van der Waals surface area contributed by atoms with Gasteiger partial charge in [-0.25, -0.2) is 9.18 Å². The maximum absolute atomic E-state index is 13.9. The monoisotopic (exact) mass is 322 g/mol. The first-order valence-electron chi connectivity index (χ1n) is 6.89. The van der Waals surface area contributed by atoms with Gasteiger partial charge >= 0.3 is 6.03 Å². The number of thiophene rings is 1. The molecule has 0 fully saturated rings. The van der Waals surface area contributed by atoms with Gasteiger partial charge in [-0.3, -0.25) is 0 Å². The third kappa shape index (κ3) is 4.05. The van der Waals surface area contributed by atoms with Crippen molar-refractivity contribution >= 4 is 17.4 Å². The van der Waals surface area contributed by atoms with Crippen LogP contribution >= 0.6 is 11.3 Å². The van der Waals surface area contributed by atoms with E-state index in [9.17, 15) is 9.18 Å². The highest BCUT2D eigenvalue weighted by atomic mass is 32.1. The first kappa shape index (κ1) is 16.5. The predicted molar refractivity (Wildman–Crippen MR) is 85.3 cm³/mol. The number of amides is 2. The van der Waals surface area contributed by atoms with Crippen LogP contribution in [-0.2, 0) is 16.9 Å². The van der Waals surface area contributed by atoms with Gasteiger partial charge < -0.3 is 15.4 Å². The zero-order valence-electron chi connectivity index (χ0n) is 12.6. The van der Waals surface area contributed by atoms with Crippen LogP contribution in [0.15, 0.2) is 41.8 Å². The Balaban J connectivity index is 1.92. The van der Waals surface area contributed by atoms with Gasteiger partial charge in [-0.05, 0) is 24.4 Å². The number of hydrogen-bond acceptors (Lipinski definition) is 3. The zero-order chi connectivity index (χ0) is 16.0. The highest BCUT2D eigenvalue weighted by Crippen LogP contribution is 2.26. The van der Waals surface area contributed by atoms with Crippen molar-refractivity contribution in [3.63, 3.8) is 0 Å². The van der Waals surface area contributed by atoms with Crippen LogP contribution in [0, 0.1) is 5.82 Å².